The number of nitriles is 1. The molecule has 0 spiro atoms. The quantitative estimate of drug-likeness (QED) is 0.909. The minimum absolute atomic E-state index is 0.127. The molecule has 0 aliphatic carbocycles. The largest absolute Gasteiger partial charge is 0.380 e. The number of hydrogen-bond donors (Lipinski definition) is 1. The van der Waals surface area contributed by atoms with Crippen LogP contribution in [0.1, 0.15) is 16.7 Å². The summed E-state index contributed by atoms with van der Waals surface area (Å²) in [6.07, 6.45) is 0. The molecule has 0 saturated carbocycles. The first-order valence-corrected chi connectivity index (χ1v) is 5.79. The van der Waals surface area contributed by atoms with E-state index in [0.717, 1.165) is 23.8 Å². The van der Waals surface area contributed by atoms with Crippen molar-refractivity contribution in [2.45, 2.75) is 13.5 Å². The topological polar surface area (TPSA) is 35.8 Å². The molecular weight excluding hydrogens is 246 g/mol. The van der Waals surface area contributed by atoms with E-state index in [2.05, 4.69) is 11.4 Å². The van der Waals surface area contributed by atoms with Gasteiger partial charge in [0.1, 0.15) is 17.7 Å². The summed E-state index contributed by atoms with van der Waals surface area (Å²) in [7, 11) is 0. The summed E-state index contributed by atoms with van der Waals surface area (Å²) in [4.78, 5) is 0. The Kier molecular flexibility index (Phi) is 3.76. The van der Waals surface area contributed by atoms with Gasteiger partial charge in [-0.15, -0.1) is 0 Å². The van der Waals surface area contributed by atoms with E-state index < -0.39 is 11.6 Å². The summed E-state index contributed by atoms with van der Waals surface area (Å²) in [6, 6.07) is 10.8. The number of benzene rings is 2. The van der Waals surface area contributed by atoms with Gasteiger partial charge in [0, 0.05) is 12.1 Å². The van der Waals surface area contributed by atoms with E-state index in [0.29, 0.717) is 11.3 Å². The highest BCUT2D eigenvalue weighted by molar-refractivity contribution is 5.60. The third-order valence-electron chi connectivity index (χ3n) is 2.86. The van der Waals surface area contributed by atoms with Gasteiger partial charge in [-0.25, -0.2) is 8.78 Å². The van der Waals surface area contributed by atoms with Gasteiger partial charge in [-0.3, -0.25) is 0 Å². The fourth-order valence-corrected chi connectivity index (χ4v) is 1.83. The highest BCUT2D eigenvalue weighted by Crippen LogP contribution is 2.20. The van der Waals surface area contributed by atoms with Crippen LogP contribution in [0.25, 0.3) is 0 Å². The van der Waals surface area contributed by atoms with Gasteiger partial charge < -0.3 is 5.32 Å². The zero-order valence-corrected chi connectivity index (χ0v) is 10.4. The van der Waals surface area contributed by atoms with Gasteiger partial charge >= 0.3 is 0 Å². The average Bonchev–Trinajstić information content (AvgIpc) is 2.40. The maximum Gasteiger partial charge on any atom is 0.128 e. The SMILES string of the molecule is Cc1cccc(NCc2cc(F)ccc2F)c1C#N. The van der Waals surface area contributed by atoms with Gasteiger partial charge in [-0.1, -0.05) is 12.1 Å². The molecule has 96 valence electrons. The number of hydrogen-bond acceptors (Lipinski definition) is 2. The molecule has 0 heterocycles. The minimum atomic E-state index is -0.483. The number of halogens is 2. The molecule has 0 aromatic heterocycles. The van der Waals surface area contributed by atoms with Crippen LogP contribution >= 0.6 is 0 Å². The predicted octanol–water partition coefficient (Wildman–Crippen LogP) is 3.76. The van der Waals surface area contributed by atoms with E-state index in [1.54, 1.807) is 12.1 Å². The first kappa shape index (κ1) is 13.0. The summed E-state index contributed by atoms with van der Waals surface area (Å²) >= 11 is 0. The summed E-state index contributed by atoms with van der Waals surface area (Å²) in [6.45, 7) is 1.95. The molecule has 0 radical (unpaired) electrons. The molecule has 2 rings (SSSR count). The second-order valence-electron chi connectivity index (χ2n) is 4.20. The molecule has 1 N–H and O–H groups in total. The van der Waals surface area contributed by atoms with Crippen molar-refractivity contribution in [1.29, 1.82) is 5.26 Å². The van der Waals surface area contributed by atoms with E-state index in [4.69, 9.17) is 5.26 Å². The van der Waals surface area contributed by atoms with Gasteiger partial charge in [-0.05, 0) is 36.8 Å². The average molecular weight is 258 g/mol. The van der Waals surface area contributed by atoms with Gasteiger partial charge in [0.2, 0.25) is 0 Å². The van der Waals surface area contributed by atoms with Crippen LogP contribution in [-0.4, -0.2) is 0 Å². The van der Waals surface area contributed by atoms with Gasteiger partial charge in [0.15, 0.2) is 0 Å². The molecule has 2 nitrogen and oxygen atoms in total. The fraction of sp³-hybridized carbons (Fsp3) is 0.133. The number of rotatable bonds is 3. The lowest BCUT2D eigenvalue weighted by molar-refractivity contribution is 0.587. The van der Waals surface area contributed by atoms with Crippen LogP contribution in [0.5, 0.6) is 0 Å². The highest BCUT2D eigenvalue weighted by Gasteiger charge is 2.07. The molecular formula is C15H12F2N2. The summed E-state index contributed by atoms with van der Waals surface area (Å²) in [5, 5.41) is 12.0. The molecule has 2 aromatic carbocycles. The lowest BCUT2D eigenvalue weighted by atomic mass is 10.1. The predicted molar refractivity (Wildman–Crippen MR) is 69.6 cm³/mol. The van der Waals surface area contributed by atoms with Gasteiger partial charge in [0.25, 0.3) is 0 Å². The minimum Gasteiger partial charge on any atom is -0.380 e. The first-order valence-electron chi connectivity index (χ1n) is 5.79. The molecule has 0 fully saturated rings. The highest BCUT2D eigenvalue weighted by atomic mass is 19.1. The monoisotopic (exact) mass is 258 g/mol. The number of nitrogens with zero attached hydrogens (tertiary/aromatic N) is 1. The van der Waals surface area contributed by atoms with Crippen molar-refractivity contribution in [2.75, 3.05) is 5.32 Å². The standard InChI is InChI=1S/C15H12F2N2/c1-10-3-2-4-15(13(10)8-18)19-9-11-7-12(16)5-6-14(11)17/h2-7,19H,9H2,1H3. The Morgan fingerprint density at radius 2 is 2.00 bits per heavy atom. The van der Waals surface area contributed by atoms with Crippen LogP contribution in [0, 0.1) is 29.9 Å². The molecule has 0 atom stereocenters. The Morgan fingerprint density at radius 1 is 1.21 bits per heavy atom. The normalized spacial score (nSPS) is 10.0. The molecule has 4 heteroatoms. The van der Waals surface area contributed by atoms with E-state index in [-0.39, 0.29) is 12.1 Å². The van der Waals surface area contributed by atoms with Crippen LogP contribution in [0.3, 0.4) is 0 Å². The van der Waals surface area contributed by atoms with Crippen molar-refractivity contribution < 1.29 is 8.78 Å². The van der Waals surface area contributed by atoms with Crippen LogP contribution < -0.4 is 5.32 Å². The van der Waals surface area contributed by atoms with Crippen molar-refractivity contribution in [1.82, 2.24) is 0 Å². The second-order valence-corrected chi connectivity index (χ2v) is 4.20. The van der Waals surface area contributed by atoms with E-state index >= 15 is 0 Å². The zero-order chi connectivity index (χ0) is 13.8. The van der Waals surface area contributed by atoms with Crippen molar-refractivity contribution in [3.8, 4) is 6.07 Å². The summed E-state index contributed by atoms with van der Waals surface area (Å²) in [5.41, 5.74) is 2.20. The van der Waals surface area contributed by atoms with Crippen molar-refractivity contribution in [3.05, 3.63) is 64.7 Å². The van der Waals surface area contributed by atoms with Crippen molar-refractivity contribution in [2.24, 2.45) is 0 Å². The van der Waals surface area contributed by atoms with Crippen LogP contribution in [0.4, 0.5) is 14.5 Å². The zero-order valence-electron chi connectivity index (χ0n) is 10.4. The van der Waals surface area contributed by atoms with E-state index in [9.17, 15) is 8.78 Å². The molecule has 0 saturated heterocycles. The molecule has 19 heavy (non-hydrogen) atoms. The summed E-state index contributed by atoms with van der Waals surface area (Å²) < 4.78 is 26.5. The third-order valence-corrected chi connectivity index (χ3v) is 2.86. The van der Waals surface area contributed by atoms with Gasteiger partial charge in [0.05, 0.1) is 11.3 Å². The lowest BCUT2D eigenvalue weighted by Crippen LogP contribution is -2.04. The van der Waals surface area contributed by atoms with Crippen molar-refractivity contribution >= 4 is 5.69 Å². The van der Waals surface area contributed by atoms with Crippen molar-refractivity contribution in [3.63, 3.8) is 0 Å². The Balaban J connectivity index is 2.22. The van der Waals surface area contributed by atoms with E-state index in [1.807, 2.05) is 13.0 Å². The number of anilines is 1. The second kappa shape index (κ2) is 5.49. The molecule has 0 amide bonds. The Labute approximate surface area is 110 Å². The first-order chi connectivity index (χ1) is 9.11. The molecule has 0 aliphatic heterocycles. The maximum atomic E-state index is 13.5. The molecule has 0 bridgehead atoms. The number of aryl methyl sites for hydroxylation is 1. The third kappa shape index (κ3) is 2.89. The molecule has 0 aliphatic rings. The smallest absolute Gasteiger partial charge is 0.128 e. The molecule has 2 aromatic rings. The number of nitrogens with one attached hydrogen (secondary N) is 1. The molecule has 0 unspecified atom stereocenters. The van der Waals surface area contributed by atoms with Crippen LogP contribution in [0.15, 0.2) is 36.4 Å². The Hall–Kier alpha value is -2.41. The fourth-order valence-electron chi connectivity index (χ4n) is 1.83. The van der Waals surface area contributed by atoms with Crippen LogP contribution in [-0.2, 0) is 6.54 Å². The lowest BCUT2D eigenvalue weighted by Gasteiger charge is -2.10. The van der Waals surface area contributed by atoms with Crippen LogP contribution in [0.2, 0.25) is 0 Å². The Morgan fingerprint density at radius 3 is 2.74 bits per heavy atom. The van der Waals surface area contributed by atoms with Gasteiger partial charge in [-0.2, -0.15) is 5.26 Å². The summed E-state index contributed by atoms with van der Waals surface area (Å²) in [5.74, 6) is -0.956. The Bertz CT molecular complexity index is 645. The maximum absolute atomic E-state index is 13.5. The van der Waals surface area contributed by atoms with E-state index in [1.165, 1.54) is 0 Å².